The van der Waals surface area contributed by atoms with Crippen LogP contribution in [0.1, 0.15) is 41.4 Å². The number of amides is 1. The molecule has 0 aliphatic carbocycles. The van der Waals surface area contributed by atoms with E-state index in [1.54, 1.807) is 37.3 Å². The van der Waals surface area contributed by atoms with Crippen LogP contribution in [0.3, 0.4) is 0 Å². The molecule has 0 heterocycles. The highest BCUT2D eigenvalue weighted by Crippen LogP contribution is 2.26. The largest absolute Gasteiger partial charge is 0.449 e. The lowest BCUT2D eigenvalue weighted by atomic mass is 10.1. The van der Waals surface area contributed by atoms with Gasteiger partial charge in [0.2, 0.25) is 0 Å². The van der Waals surface area contributed by atoms with E-state index in [1.165, 1.54) is 19.1 Å². The molecule has 0 radical (unpaired) electrons. The number of halogens is 2. The van der Waals surface area contributed by atoms with Gasteiger partial charge in [0.15, 0.2) is 6.10 Å². The Morgan fingerprint density at radius 1 is 1.15 bits per heavy atom. The molecule has 0 unspecified atom stereocenters. The van der Waals surface area contributed by atoms with Crippen LogP contribution in [-0.2, 0) is 9.53 Å². The number of carbonyl (C=O) groups excluding carboxylic acids is 2. The lowest BCUT2D eigenvalue weighted by Crippen LogP contribution is -2.37. The number of carbonyl (C=O) groups is 2. The second kappa shape index (κ2) is 8.70. The first kappa shape index (κ1) is 19.8. The SMILES string of the molecule is C[C@H](NC(=O)[C@@H](C)OC(=O)c1cccc(C#N)c1)c1ccc(Cl)cc1Cl. The molecule has 0 aliphatic rings. The van der Waals surface area contributed by atoms with Gasteiger partial charge in [-0.1, -0.05) is 35.3 Å². The summed E-state index contributed by atoms with van der Waals surface area (Å²) in [5, 5.41) is 12.5. The van der Waals surface area contributed by atoms with E-state index >= 15 is 0 Å². The molecule has 1 amide bonds. The Hall–Kier alpha value is -2.55. The molecule has 2 atom stereocenters. The van der Waals surface area contributed by atoms with Crippen molar-refractivity contribution in [3.63, 3.8) is 0 Å². The van der Waals surface area contributed by atoms with Gasteiger partial charge < -0.3 is 10.1 Å². The molecule has 26 heavy (non-hydrogen) atoms. The molecule has 1 N–H and O–H groups in total. The maximum absolute atomic E-state index is 12.3. The van der Waals surface area contributed by atoms with Gasteiger partial charge in [-0.2, -0.15) is 5.26 Å². The molecule has 2 rings (SSSR count). The molecule has 0 spiro atoms. The summed E-state index contributed by atoms with van der Waals surface area (Å²) in [6.07, 6.45) is -1.01. The first-order valence-electron chi connectivity index (χ1n) is 7.78. The molecule has 2 aromatic rings. The van der Waals surface area contributed by atoms with Gasteiger partial charge in [-0.15, -0.1) is 0 Å². The van der Waals surface area contributed by atoms with Crippen molar-refractivity contribution in [1.29, 1.82) is 5.26 Å². The van der Waals surface area contributed by atoms with Crippen LogP contribution in [0, 0.1) is 11.3 Å². The summed E-state index contributed by atoms with van der Waals surface area (Å²) >= 11 is 12.0. The van der Waals surface area contributed by atoms with Crippen LogP contribution in [-0.4, -0.2) is 18.0 Å². The number of ether oxygens (including phenoxy) is 1. The van der Waals surface area contributed by atoms with Crippen LogP contribution in [0.2, 0.25) is 10.0 Å². The Morgan fingerprint density at radius 2 is 1.88 bits per heavy atom. The Balaban J connectivity index is 2.00. The van der Waals surface area contributed by atoms with Gasteiger partial charge in [0.05, 0.1) is 23.2 Å². The summed E-state index contributed by atoms with van der Waals surface area (Å²) in [5.41, 5.74) is 1.24. The van der Waals surface area contributed by atoms with E-state index in [2.05, 4.69) is 5.32 Å². The van der Waals surface area contributed by atoms with Crippen LogP contribution in [0.5, 0.6) is 0 Å². The summed E-state index contributed by atoms with van der Waals surface area (Å²) in [4.78, 5) is 24.4. The molecular weight excluding hydrogens is 375 g/mol. The van der Waals surface area contributed by atoms with Gasteiger partial charge in [-0.3, -0.25) is 4.79 Å². The Kier molecular flexibility index (Phi) is 6.62. The standard InChI is InChI=1S/C19H16Cl2N2O3/c1-11(16-7-6-15(20)9-17(16)21)23-18(24)12(2)26-19(25)14-5-3-4-13(8-14)10-22/h3-9,11-12H,1-2H3,(H,23,24)/t11-,12+/m0/s1. The minimum atomic E-state index is -1.01. The van der Waals surface area contributed by atoms with E-state index in [0.29, 0.717) is 21.2 Å². The maximum atomic E-state index is 12.3. The van der Waals surface area contributed by atoms with Crippen molar-refractivity contribution in [2.75, 3.05) is 0 Å². The van der Waals surface area contributed by atoms with Crippen molar-refractivity contribution in [3.8, 4) is 6.07 Å². The lowest BCUT2D eigenvalue weighted by Gasteiger charge is -2.19. The van der Waals surface area contributed by atoms with E-state index in [1.807, 2.05) is 6.07 Å². The van der Waals surface area contributed by atoms with Crippen molar-refractivity contribution < 1.29 is 14.3 Å². The van der Waals surface area contributed by atoms with Gasteiger partial charge in [-0.25, -0.2) is 4.79 Å². The highest BCUT2D eigenvalue weighted by molar-refractivity contribution is 6.35. The molecule has 0 fully saturated rings. The zero-order chi connectivity index (χ0) is 19.3. The molecule has 2 aromatic carbocycles. The third kappa shape index (κ3) is 4.98. The van der Waals surface area contributed by atoms with Crippen LogP contribution in [0.15, 0.2) is 42.5 Å². The number of nitrogens with one attached hydrogen (secondary N) is 1. The third-order valence-corrected chi connectivity index (χ3v) is 4.23. The second-order valence-electron chi connectivity index (χ2n) is 5.64. The fourth-order valence-corrected chi connectivity index (χ4v) is 2.83. The Bertz CT molecular complexity index is 877. The monoisotopic (exact) mass is 390 g/mol. The molecule has 0 bridgehead atoms. The van der Waals surface area contributed by atoms with E-state index in [0.717, 1.165) is 0 Å². The topological polar surface area (TPSA) is 79.2 Å². The summed E-state index contributed by atoms with van der Waals surface area (Å²) in [7, 11) is 0. The Morgan fingerprint density at radius 3 is 2.54 bits per heavy atom. The number of rotatable bonds is 5. The van der Waals surface area contributed by atoms with Crippen molar-refractivity contribution in [2.45, 2.75) is 26.0 Å². The van der Waals surface area contributed by atoms with Gasteiger partial charge in [0.1, 0.15) is 0 Å². The van der Waals surface area contributed by atoms with Gasteiger partial charge >= 0.3 is 5.97 Å². The number of nitriles is 1. The summed E-state index contributed by atoms with van der Waals surface area (Å²) in [6.45, 7) is 3.23. The van der Waals surface area contributed by atoms with E-state index in [4.69, 9.17) is 33.2 Å². The number of hydrogen-bond acceptors (Lipinski definition) is 4. The molecule has 7 heteroatoms. The van der Waals surface area contributed by atoms with Gasteiger partial charge in [0, 0.05) is 10.0 Å². The maximum Gasteiger partial charge on any atom is 0.338 e. The number of esters is 1. The average molecular weight is 391 g/mol. The number of benzene rings is 2. The lowest BCUT2D eigenvalue weighted by molar-refractivity contribution is -0.129. The third-order valence-electron chi connectivity index (χ3n) is 3.67. The first-order valence-corrected chi connectivity index (χ1v) is 8.54. The first-order chi connectivity index (χ1) is 12.3. The predicted octanol–water partition coefficient (Wildman–Crippen LogP) is 4.29. The fourth-order valence-electron chi connectivity index (χ4n) is 2.26. The minimum Gasteiger partial charge on any atom is -0.449 e. The van der Waals surface area contributed by atoms with Crippen molar-refractivity contribution in [2.24, 2.45) is 0 Å². The molecule has 5 nitrogen and oxygen atoms in total. The molecule has 0 saturated heterocycles. The zero-order valence-corrected chi connectivity index (χ0v) is 15.6. The van der Waals surface area contributed by atoms with E-state index in [-0.39, 0.29) is 5.56 Å². The predicted molar refractivity (Wildman–Crippen MR) is 99.1 cm³/mol. The number of hydrogen-bond donors (Lipinski definition) is 1. The molecule has 0 saturated carbocycles. The zero-order valence-electron chi connectivity index (χ0n) is 14.1. The van der Waals surface area contributed by atoms with E-state index < -0.39 is 24.0 Å². The van der Waals surface area contributed by atoms with Crippen LogP contribution in [0.4, 0.5) is 0 Å². The molecule has 0 aliphatic heterocycles. The van der Waals surface area contributed by atoms with Gasteiger partial charge in [0.25, 0.3) is 5.91 Å². The van der Waals surface area contributed by atoms with Crippen LogP contribution in [0.25, 0.3) is 0 Å². The molecular formula is C19H16Cl2N2O3. The number of nitrogens with zero attached hydrogens (tertiary/aromatic N) is 1. The second-order valence-corrected chi connectivity index (χ2v) is 6.48. The fraction of sp³-hybridized carbons (Fsp3) is 0.211. The highest BCUT2D eigenvalue weighted by atomic mass is 35.5. The summed E-state index contributed by atoms with van der Waals surface area (Å²) < 4.78 is 5.17. The normalized spacial score (nSPS) is 12.6. The molecule has 134 valence electrons. The van der Waals surface area contributed by atoms with Crippen molar-refractivity contribution in [3.05, 3.63) is 69.2 Å². The van der Waals surface area contributed by atoms with Crippen LogP contribution < -0.4 is 5.32 Å². The van der Waals surface area contributed by atoms with Crippen molar-refractivity contribution >= 4 is 35.1 Å². The smallest absolute Gasteiger partial charge is 0.338 e. The quantitative estimate of drug-likeness (QED) is 0.772. The average Bonchev–Trinajstić information content (AvgIpc) is 2.61. The van der Waals surface area contributed by atoms with E-state index in [9.17, 15) is 9.59 Å². The van der Waals surface area contributed by atoms with Gasteiger partial charge in [-0.05, 0) is 49.7 Å². The summed E-state index contributed by atoms with van der Waals surface area (Å²) in [6, 6.07) is 12.6. The van der Waals surface area contributed by atoms with Crippen molar-refractivity contribution in [1.82, 2.24) is 5.32 Å². The molecule has 0 aromatic heterocycles. The minimum absolute atomic E-state index is 0.206. The Labute approximate surface area is 161 Å². The highest BCUT2D eigenvalue weighted by Gasteiger charge is 2.22. The van der Waals surface area contributed by atoms with Crippen LogP contribution >= 0.6 is 23.2 Å². The summed E-state index contributed by atoms with van der Waals surface area (Å²) in [5.74, 6) is -1.14.